The second-order valence-electron chi connectivity index (χ2n) is 4.55. The highest BCUT2D eigenvalue weighted by molar-refractivity contribution is 14.1. The minimum Gasteiger partial charge on any atom is -0.507 e. The normalized spacial score (nSPS) is 21.9. The van der Waals surface area contributed by atoms with E-state index in [9.17, 15) is 19.8 Å². The molecule has 1 aromatic rings. The number of hydrogen-bond donors (Lipinski definition) is 2. The van der Waals surface area contributed by atoms with Crippen molar-refractivity contribution in [3.8, 4) is 5.75 Å². The van der Waals surface area contributed by atoms with Gasteiger partial charge in [-0.1, -0.05) is 0 Å². The van der Waals surface area contributed by atoms with Gasteiger partial charge < -0.3 is 19.8 Å². The largest absolute Gasteiger partial charge is 0.507 e. The molecule has 1 saturated heterocycles. The van der Waals surface area contributed by atoms with Crippen LogP contribution < -0.4 is 0 Å². The lowest BCUT2D eigenvalue weighted by Gasteiger charge is -2.22. The molecule has 0 radical (unpaired) electrons. The van der Waals surface area contributed by atoms with Crippen molar-refractivity contribution in [2.75, 3.05) is 13.7 Å². The van der Waals surface area contributed by atoms with Gasteiger partial charge >= 0.3 is 5.97 Å². The molecule has 0 aliphatic carbocycles. The van der Waals surface area contributed by atoms with Crippen LogP contribution in [-0.4, -0.2) is 52.8 Å². The Hall–Kier alpha value is -1.35. The summed E-state index contributed by atoms with van der Waals surface area (Å²) in [5.74, 6) is -1.21. The Kier molecular flexibility index (Phi) is 4.48. The Morgan fingerprint density at radius 1 is 1.45 bits per heavy atom. The smallest absolute Gasteiger partial charge is 0.328 e. The number of methoxy groups -OCH3 is 1. The fraction of sp³-hybridized carbons (Fsp3) is 0.385. The molecule has 0 saturated carbocycles. The first-order chi connectivity index (χ1) is 9.43. The minimum atomic E-state index is -0.820. The lowest BCUT2D eigenvalue weighted by molar-refractivity contribution is -0.145. The van der Waals surface area contributed by atoms with Crippen LogP contribution in [0, 0.1) is 3.57 Å². The van der Waals surface area contributed by atoms with Crippen LogP contribution in [-0.2, 0) is 9.53 Å². The van der Waals surface area contributed by atoms with Gasteiger partial charge in [0.2, 0.25) is 0 Å². The predicted octanol–water partition coefficient (Wildman–Crippen LogP) is 0.745. The molecule has 2 N–H and O–H groups in total. The number of esters is 1. The molecule has 0 spiro atoms. The molecule has 2 unspecified atom stereocenters. The van der Waals surface area contributed by atoms with Gasteiger partial charge in [-0.2, -0.15) is 0 Å². The summed E-state index contributed by atoms with van der Waals surface area (Å²) >= 11 is 2.03. The average molecular weight is 391 g/mol. The molecule has 1 heterocycles. The van der Waals surface area contributed by atoms with Gasteiger partial charge in [0.05, 0.1) is 18.8 Å². The highest BCUT2D eigenvalue weighted by atomic mass is 127. The van der Waals surface area contributed by atoms with Crippen molar-refractivity contribution in [1.29, 1.82) is 0 Å². The van der Waals surface area contributed by atoms with Crippen LogP contribution >= 0.6 is 22.6 Å². The number of carbonyl (C=O) groups is 2. The maximum Gasteiger partial charge on any atom is 0.328 e. The Balaban J connectivity index is 2.31. The maximum absolute atomic E-state index is 12.4. The molecule has 1 amide bonds. The molecule has 2 atom stereocenters. The average Bonchev–Trinajstić information content (AvgIpc) is 2.82. The van der Waals surface area contributed by atoms with Crippen LogP contribution in [0.3, 0.4) is 0 Å². The third-order valence-electron chi connectivity index (χ3n) is 3.20. The molecule has 0 bridgehead atoms. The number of nitrogens with zero attached hydrogens (tertiary/aromatic N) is 1. The first-order valence-corrected chi connectivity index (χ1v) is 7.07. The van der Waals surface area contributed by atoms with Crippen molar-refractivity contribution in [2.24, 2.45) is 0 Å². The van der Waals surface area contributed by atoms with Gasteiger partial charge in [0.1, 0.15) is 11.8 Å². The number of ether oxygens (including phenoxy) is 1. The van der Waals surface area contributed by atoms with E-state index < -0.39 is 24.0 Å². The Morgan fingerprint density at radius 2 is 2.15 bits per heavy atom. The van der Waals surface area contributed by atoms with Crippen molar-refractivity contribution in [3.63, 3.8) is 0 Å². The highest BCUT2D eigenvalue weighted by Crippen LogP contribution is 2.26. The second-order valence-corrected chi connectivity index (χ2v) is 5.79. The van der Waals surface area contributed by atoms with Gasteiger partial charge in [0.15, 0.2) is 0 Å². The quantitative estimate of drug-likeness (QED) is 0.574. The molecule has 0 aromatic heterocycles. The van der Waals surface area contributed by atoms with Crippen molar-refractivity contribution in [3.05, 3.63) is 27.3 Å². The van der Waals surface area contributed by atoms with E-state index in [-0.39, 0.29) is 24.3 Å². The van der Waals surface area contributed by atoms with Crippen LogP contribution in [0.5, 0.6) is 5.75 Å². The number of carbonyl (C=O) groups excluding carboxylic acids is 2. The summed E-state index contributed by atoms with van der Waals surface area (Å²) in [6, 6.07) is 3.81. The molecule has 1 fully saturated rings. The van der Waals surface area contributed by atoms with Crippen molar-refractivity contribution < 1.29 is 24.5 Å². The third kappa shape index (κ3) is 2.88. The van der Waals surface area contributed by atoms with E-state index in [1.807, 2.05) is 22.6 Å². The van der Waals surface area contributed by atoms with Gasteiger partial charge in [0, 0.05) is 16.5 Å². The number of benzene rings is 1. The number of aliphatic hydroxyl groups is 1. The number of rotatable bonds is 2. The second kappa shape index (κ2) is 5.96. The molecular weight excluding hydrogens is 377 g/mol. The lowest BCUT2D eigenvalue weighted by Crippen LogP contribution is -2.41. The number of hydrogen-bond acceptors (Lipinski definition) is 5. The van der Waals surface area contributed by atoms with E-state index in [2.05, 4.69) is 4.74 Å². The van der Waals surface area contributed by atoms with E-state index in [1.54, 1.807) is 6.07 Å². The number of phenols is 1. The fourth-order valence-electron chi connectivity index (χ4n) is 2.23. The zero-order chi connectivity index (χ0) is 14.9. The van der Waals surface area contributed by atoms with Crippen LogP contribution in [0.2, 0.25) is 0 Å². The van der Waals surface area contributed by atoms with Gasteiger partial charge in [-0.3, -0.25) is 4.79 Å². The topological polar surface area (TPSA) is 87.1 Å². The third-order valence-corrected chi connectivity index (χ3v) is 3.87. The van der Waals surface area contributed by atoms with Crippen molar-refractivity contribution in [2.45, 2.75) is 18.6 Å². The fourth-order valence-corrected chi connectivity index (χ4v) is 2.72. The number of amides is 1. The lowest BCUT2D eigenvalue weighted by atomic mass is 10.1. The summed E-state index contributed by atoms with van der Waals surface area (Å²) in [5, 5.41) is 19.5. The van der Waals surface area contributed by atoms with Gasteiger partial charge in [0.25, 0.3) is 5.91 Å². The highest BCUT2D eigenvalue weighted by Gasteiger charge is 2.40. The molecule has 1 aliphatic heterocycles. The standard InChI is InChI=1S/C13H14INO5/c1-20-13(19)10-5-8(16)6-15(10)12(18)9-4-7(14)2-3-11(9)17/h2-4,8,10,16-17H,5-6H2,1H3. The van der Waals surface area contributed by atoms with Gasteiger partial charge in [-0.05, 0) is 40.8 Å². The molecule has 1 aromatic carbocycles. The Morgan fingerprint density at radius 3 is 2.80 bits per heavy atom. The number of aliphatic hydroxyl groups excluding tert-OH is 1. The predicted molar refractivity (Wildman–Crippen MR) is 78.3 cm³/mol. The Bertz CT molecular complexity index is 548. The summed E-state index contributed by atoms with van der Waals surface area (Å²) in [4.78, 5) is 25.3. The van der Waals surface area contributed by atoms with E-state index in [1.165, 1.54) is 24.1 Å². The van der Waals surface area contributed by atoms with E-state index >= 15 is 0 Å². The zero-order valence-corrected chi connectivity index (χ0v) is 12.9. The summed E-state index contributed by atoms with van der Waals surface area (Å²) in [5.41, 5.74) is 0.111. The number of halogens is 1. The summed E-state index contributed by atoms with van der Waals surface area (Å²) in [6.07, 6.45) is -0.628. The van der Waals surface area contributed by atoms with Crippen LogP contribution in [0.15, 0.2) is 18.2 Å². The molecule has 1 aliphatic rings. The molecular formula is C13H14INO5. The molecule has 2 rings (SSSR count). The van der Waals surface area contributed by atoms with Crippen LogP contribution in [0.25, 0.3) is 0 Å². The summed E-state index contributed by atoms with van der Waals surface area (Å²) in [7, 11) is 1.23. The van der Waals surface area contributed by atoms with Gasteiger partial charge in [-0.25, -0.2) is 4.79 Å². The van der Waals surface area contributed by atoms with Crippen molar-refractivity contribution in [1.82, 2.24) is 4.90 Å². The zero-order valence-electron chi connectivity index (χ0n) is 10.7. The van der Waals surface area contributed by atoms with Gasteiger partial charge in [-0.15, -0.1) is 0 Å². The first-order valence-electron chi connectivity index (χ1n) is 5.99. The van der Waals surface area contributed by atoms with Crippen LogP contribution in [0.4, 0.5) is 0 Å². The van der Waals surface area contributed by atoms with E-state index in [0.29, 0.717) is 0 Å². The minimum absolute atomic E-state index is 0.0452. The SMILES string of the molecule is COC(=O)C1CC(O)CN1C(=O)c1cc(I)ccc1O. The molecule has 6 nitrogen and oxygen atoms in total. The maximum atomic E-state index is 12.4. The van der Waals surface area contributed by atoms with Crippen LogP contribution in [0.1, 0.15) is 16.8 Å². The van der Waals surface area contributed by atoms with Crippen molar-refractivity contribution >= 4 is 34.5 Å². The van der Waals surface area contributed by atoms with E-state index in [4.69, 9.17) is 0 Å². The first kappa shape index (κ1) is 15.0. The number of aromatic hydroxyl groups is 1. The molecule has 20 heavy (non-hydrogen) atoms. The number of β-amino-alcohol motifs (C(OH)–C–C–N with tert-alkyl or cyclic N) is 1. The summed E-state index contributed by atoms with van der Waals surface area (Å²) in [6.45, 7) is 0.0452. The Labute approximate surface area is 129 Å². The molecule has 108 valence electrons. The van der Waals surface area contributed by atoms with E-state index in [0.717, 1.165) is 3.57 Å². The molecule has 7 heteroatoms. The monoisotopic (exact) mass is 391 g/mol. The number of phenolic OH excluding ortho intramolecular Hbond substituents is 1. The summed E-state index contributed by atoms with van der Waals surface area (Å²) < 4.78 is 5.43. The number of likely N-dealkylation sites (tertiary alicyclic amines) is 1.